The van der Waals surface area contributed by atoms with Crippen molar-refractivity contribution < 1.29 is 70.1 Å². The van der Waals surface area contributed by atoms with Crippen molar-refractivity contribution in [3.05, 3.63) is 177 Å². The molecule has 0 saturated heterocycles. The predicted molar refractivity (Wildman–Crippen MR) is 448 cm³/mol. The molecule has 0 heterocycles. The highest BCUT2D eigenvalue weighted by Gasteiger charge is 2.43. The normalized spacial score (nSPS) is 11.3. The average Bonchev–Trinajstić information content (AvgIpc) is 1.57. The molecule has 2 aliphatic carbocycles. The molecule has 0 spiro atoms. The second-order valence-electron chi connectivity index (χ2n) is 16.4. The minimum Gasteiger partial charge on any atom is -0.508 e. The number of aromatic hydroxyl groups is 2. The molecule has 0 saturated carbocycles. The number of hydrogen-bond donors (Lipinski definition) is 2. The lowest BCUT2D eigenvalue weighted by molar-refractivity contribution is 0.473. The highest BCUT2D eigenvalue weighted by molar-refractivity contribution is 9.10. The molecule has 2 nitrogen and oxygen atoms in total. The van der Waals surface area contributed by atoms with E-state index in [-0.39, 0.29) is 71.1 Å². The Morgan fingerprint density at radius 1 is 0.307 bits per heavy atom. The smallest absolute Gasteiger partial charge is 0.115 e. The lowest BCUT2D eigenvalue weighted by Crippen LogP contribution is -2.22. The van der Waals surface area contributed by atoms with Crippen LogP contribution in [0.3, 0.4) is 0 Å². The van der Waals surface area contributed by atoms with E-state index in [1.54, 1.807) is 12.1 Å². The molecule has 6 aromatic rings. The first kappa shape index (κ1) is 65.1. The number of rotatable bonds is 2. The van der Waals surface area contributed by atoms with Gasteiger partial charge in [-0.2, -0.15) is 0 Å². The van der Waals surface area contributed by atoms with E-state index in [1.807, 2.05) is 72.8 Å². The van der Waals surface area contributed by atoms with Crippen LogP contribution in [-0.2, 0) is 9.74 Å². The van der Waals surface area contributed by atoms with Gasteiger partial charge in [0.25, 0.3) is 0 Å². The summed E-state index contributed by atoms with van der Waals surface area (Å²) in [4.78, 5) is 0. The largest absolute Gasteiger partial charge is 0.508 e. The van der Waals surface area contributed by atoms with Crippen LogP contribution in [0.5, 0.6) is 11.5 Å². The molecule has 480 valence electrons. The Kier molecular flexibility index (Phi) is 27.1. The number of phenols is 2. The fourth-order valence-corrected chi connectivity index (χ4v) is 9.11. The van der Waals surface area contributed by atoms with Crippen molar-refractivity contribution >= 4 is 39.1 Å². The Balaban J connectivity index is -0.0000000218. The van der Waals surface area contributed by atoms with Crippen LogP contribution in [0.15, 0.2) is 133 Å². The van der Waals surface area contributed by atoms with Gasteiger partial charge in [-0.1, -0.05) is 124 Å². The van der Waals surface area contributed by atoms with Gasteiger partial charge in [0.15, 0.2) is 0 Å². The van der Waals surface area contributed by atoms with Gasteiger partial charge < -0.3 is 10.2 Å². The lowest BCUT2D eigenvalue weighted by atomic mass is 9.74. The highest BCUT2D eigenvalue weighted by atomic mass is 79.9. The van der Waals surface area contributed by atoms with E-state index in [9.17, 15) is 10.2 Å². The average molecular weight is 1300 g/mol. The van der Waals surface area contributed by atoms with Crippen molar-refractivity contribution in [1.29, 1.82) is 0 Å². The third kappa shape index (κ3) is 19.8. The summed E-state index contributed by atoms with van der Waals surface area (Å²) < 4.78 is -0.470. The Hall–Kier alpha value is -13.7. The standard InChI is InChI=1S/2C22H2.C20H15ClO.C19H12BrClO.42H2/c2*1-3-5-7-9-11-13-15-17-19-21-22-20-18-16-14-12-10-8-6-4-2;1-20(13-6-8-14(21)9-7-13)18-5-3-2-4-16(18)17-11-10-15(22)12-19(17)20;20-19(12-5-7-13(21)8-6-12)17-4-2-1-3-15(17)16-10-9-14(22)11-18(16)19;;;;;;;;;;;;;;;;;;;;;;;;;;;;;;;;;;;;;;;;;;/h2*1-2H;2-12,22H,1H3;1-11,22H;42*1H. The number of alkyl halides is 1. The SMILES string of the molecule is C#CC#CC#CC#CC#CC#CC#CC#CC#CC#CC#C.C#CC#CC#CC#CC#CC#CC#CC#CC#CC#CC#C.CC1(c2ccc(Cl)cc2)c2ccccc2-c2ccc(O)cc21.Oc1ccc2c(c1)C(Br)(c1ccc(Cl)cc1)c1ccccc1-2.[HH].[HH].[HH].[HH].[HH].[HH].[HH].[HH].[HH].[HH].[HH].[HH].[HH].[HH].[HH].[HH].[HH].[HH].[HH].[HH].[HH].[HH].[HH].[HH].[HH].[HH].[HH].[HH].[HH].[HH].[HH].[HH].[HH].[HH].[HH].[HH].[HH].[HH].[HH].[HH].[HH].[HH]. The van der Waals surface area contributed by atoms with E-state index in [0.717, 1.165) is 27.3 Å². The van der Waals surface area contributed by atoms with Crippen LogP contribution in [0.1, 0.15) is 100 Å². The minimum absolute atomic E-state index is 0. The zero-order valence-corrected chi connectivity index (χ0v) is 49.1. The van der Waals surface area contributed by atoms with Crippen LogP contribution in [0.2, 0.25) is 10.0 Å². The maximum absolute atomic E-state index is 9.98. The summed E-state index contributed by atoms with van der Waals surface area (Å²) >= 11 is 16.0. The fraction of sp³-hybridized carbons (Fsp3) is 0.0361. The predicted octanol–water partition coefficient (Wildman–Crippen LogP) is 22.0. The third-order valence-electron chi connectivity index (χ3n) is 11.3. The zero-order valence-electron chi connectivity index (χ0n) is 46.0. The van der Waals surface area contributed by atoms with Gasteiger partial charge in [-0.25, -0.2) is 0 Å². The Morgan fingerprint density at radius 3 is 0.886 bits per heavy atom. The molecule has 0 bridgehead atoms. The molecule has 0 radical (unpaired) electrons. The molecule has 2 atom stereocenters. The first-order valence-corrected chi connectivity index (χ1v) is 26.5. The number of hydrogen-bond acceptors (Lipinski definition) is 2. The molecule has 2 N–H and O–H groups in total. The first-order valence-electron chi connectivity index (χ1n) is 24.9. The molecule has 0 aromatic heterocycles. The first-order chi connectivity index (χ1) is 43.0. The maximum atomic E-state index is 9.98. The molecule has 0 aliphatic heterocycles. The highest BCUT2D eigenvalue weighted by Crippen LogP contribution is 2.57. The quantitative estimate of drug-likeness (QED) is 0.134. The molecule has 88 heavy (non-hydrogen) atoms. The molecule has 0 amide bonds. The van der Waals surface area contributed by atoms with Crippen LogP contribution in [0, 0.1) is 263 Å². The third-order valence-corrected chi connectivity index (χ3v) is 13.2. The van der Waals surface area contributed by atoms with Gasteiger partial charge in [-0.3, -0.25) is 0 Å². The molecular formula is C83H115BrCl2O2. The number of halogens is 3. The number of phenolic OH excluding ortho intramolecular Hbond substituents is 2. The second-order valence-corrected chi connectivity index (χ2v) is 18.5. The van der Waals surface area contributed by atoms with Crippen molar-refractivity contribution in [2.24, 2.45) is 0 Å². The van der Waals surface area contributed by atoms with Gasteiger partial charge >= 0.3 is 0 Å². The van der Waals surface area contributed by atoms with E-state index < -0.39 is 4.32 Å². The summed E-state index contributed by atoms with van der Waals surface area (Å²) in [6.45, 7) is 2.21. The van der Waals surface area contributed by atoms with E-state index in [1.165, 1.54) is 33.4 Å². The molecule has 5 heteroatoms. The lowest BCUT2D eigenvalue weighted by Gasteiger charge is -2.28. The van der Waals surface area contributed by atoms with Crippen LogP contribution in [0.25, 0.3) is 22.3 Å². The molecule has 6 aromatic carbocycles. The van der Waals surface area contributed by atoms with E-state index in [0.29, 0.717) is 10.8 Å². The molecule has 2 aliphatic rings. The van der Waals surface area contributed by atoms with Crippen molar-refractivity contribution in [3.63, 3.8) is 0 Å². The van der Waals surface area contributed by atoms with E-state index in [4.69, 9.17) is 48.9 Å². The van der Waals surface area contributed by atoms with Gasteiger partial charge in [-0.15, -0.1) is 25.7 Å². The summed E-state index contributed by atoms with van der Waals surface area (Å²) in [6.07, 6.45) is 19.6. The van der Waals surface area contributed by atoms with E-state index in [2.05, 4.69) is 308 Å². The van der Waals surface area contributed by atoms with Gasteiger partial charge in [0.05, 0.1) is 0 Å². The van der Waals surface area contributed by atoms with Crippen molar-refractivity contribution in [2.45, 2.75) is 16.7 Å². The molecule has 8 rings (SSSR count). The Morgan fingerprint density at radius 2 is 0.557 bits per heavy atom. The van der Waals surface area contributed by atoms with Crippen LogP contribution in [-0.4, -0.2) is 10.2 Å². The molecule has 0 fully saturated rings. The van der Waals surface area contributed by atoms with Crippen molar-refractivity contribution in [1.82, 2.24) is 0 Å². The summed E-state index contributed by atoms with van der Waals surface area (Å²) in [6, 6.07) is 43.7. The minimum atomic E-state index is -0.470. The number of benzene rings is 6. The number of terminal acetylenes is 4. The fourth-order valence-electron chi connectivity index (χ4n) is 7.92. The molecule has 2 unspecified atom stereocenters. The van der Waals surface area contributed by atoms with Gasteiger partial charge in [0, 0.05) is 123 Å². The monoisotopic (exact) mass is 1290 g/mol. The van der Waals surface area contributed by atoms with Gasteiger partial charge in [0.1, 0.15) is 15.8 Å². The Bertz CT molecular complexity index is 4820. The molecular weight excluding hydrogens is 1180 g/mol. The maximum Gasteiger partial charge on any atom is 0.115 e. The zero-order chi connectivity index (χ0) is 62.9. The topological polar surface area (TPSA) is 40.5 Å². The van der Waals surface area contributed by atoms with Gasteiger partial charge in [0.2, 0.25) is 0 Å². The second kappa shape index (κ2) is 36.6. The van der Waals surface area contributed by atoms with Crippen LogP contribution < -0.4 is 0 Å². The van der Waals surface area contributed by atoms with Crippen LogP contribution in [0.4, 0.5) is 0 Å². The summed E-state index contributed by atoms with van der Waals surface area (Å²) in [5, 5.41) is 21.4. The number of fused-ring (bicyclic) bond motifs is 6. The van der Waals surface area contributed by atoms with Crippen molar-refractivity contribution in [3.8, 4) is 296 Å². The summed E-state index contributed by atoms with van der Waals surface area (Å²) in [7, 11) is 0. The Labute approximate surface area is 597 Å². The van der Waals surface area contributed by atoms with Crippen LogP contribution >= 0.6 is 39.1 Å². The van der Waals surface area contributed by atoms with Gasteiger partial charge in [-0.05, 0) is 301 Å². The van der Waals surface area contributed by atoms with E-state index >= 15 is 0 Å². The summed E-state index contributed by atoms with van der Waals surface area (Å²) in [5.74, 6) is 97.0. The summed E-state index contributed by atoms with van der Waals surface area (Å²) in [5.41, 5.74) is 11.4. The van der Waals surface area contributed by atoms with Crippen molar-refractivity contribution in [2.75, 3.05) is 0 Å².